The summed E-state index contributed by atoms with van der Waals surface area (Å²) in [6.45, 7) is -0.00217. The van der Waals surface area contributed by atoms with Crippen molar-refractivity contribution in [2.75, 3.05) is 18.6 Å². The molecule has 0 fully saturated rings. The zero-order valence-corrected chi connectivity index (χ0v) is 18.1. The molecule has 0 aliphatic carbocycles. The van der Waals surface area contributed by atoms with E-state index in [4.69, 9.17) is 14.2 Å². The summed E-state index contributed by atoms with van der Waals surface area (Å²) in [5.41, 5.74) is 5.10. The predicted octanol–water partition coefficient (Wildman–Crippen LogP) is 2.30. The summed E-state index contributed by atoms with van der Waals surface area (Å²) in [7, 11) is -2.45. The van der Waals surface area contributed by atoms with Gasteiger partial charge in [-0.2, -0.15) is 0 Å². The summed E-state index contributed by atoms with van der Waals surface area (Å²) < 4.78 is 43.4. The van der Waals surface area contributed by atoms with Crippen molar-refractivity contribution in [2.24, 2.45) is 0 Å². The van der Waals surface area contributed by atoms with Crippen LogP contribution < -0.4 is 29.8 Å². The first-order valence-electron chi connectivity index (χ1n) is 9.63. The van der Waals surface area contributed by atoms with Gasteiger partial charge < -0.3 is 14.2 Å². The Labute approximate surface area is 189 Å². The molecule has 1 aliphatic heterocycles. The highest BCUT2D eigenvalue weighted by Crippen LogP contribution is 2.35. The average Bonchev–Trinajstić information content (AvgIpc) is 3.32. The van der Waals surface area contributed by atoms with E-state index in [1.807, 2.05) is 0 Å². The van der Waals surface area contributed by atoms with Gasteiger partial charge in [-0.3, -0.25) is 25.2 Å². The summed E-state index contributed by atoms with van der Waals surface area (Å²) in [6.07, 6.45) is 0. The molecule has 4 rings (SSSR count). The van der Waals surface area contributed by atoms with E-state index in [1.54, 1.807) is 36.4 Å². The zero-order chi connectivity index (χ0) is 23.4. The number of nitrogens with one attached hydrogen (secondary N) is 3. The van der Waals surface area contributed by atoms with E-state index in [2.05, 4.69) is 15.6 Å². The molecule has 0 unspecified atom stereocenters. The van der Waals surface area contributed by atoms with E-state index in [-0.39, 0.29) is 28.6 Å². The molecule has 0 spiro atoms. The maximum absolute atomic E-state index is 12.7. The fourth-order valence-electron chi connectivity index (χ4n) is 3.04. The molecule has 0 bridgehead atoms. The third kappa shape index (κ3) is 4.83. The lowest BCUT2D eigenvalue weighted by atomic mass is 10.2. The van der Waals surface area contributed by atoms with Crippen LogP contribution in [0, 0.1) is 0 Å². The average molecular weight is 469 g/mol. The number of hydrogen-bond donors (Lipinski definition) is 3. The highest BCUT2D eigenvalue weighted by molar-refractivity contribution is 7.92. The van der Waals surface area contributed by atoms with Crippen LogP contribution in [0.15, 0.2) is 71.6 Å². The normalized spacial score (nSPS) is 12.0. The third-order valence-corrected chi connectivity index (χ3v) is 6.06. The van der Waals surface area contributed by atoms with Crippen LogP contribution >= 0.6 is 0 Å². The second-order valence-electron chi connectivity index (χ2n) is 6.81. The lowest BCUT2D eigenvalue weighted by molar-refractivity contribution is 0.0844. The summed E-state index contributed by atoms with van der Waals surface area (Å²) in [5.74, 6) is -0.0263. The number of ether oxygens (including phenoxy) is 3. The number of amides is 2. The second kappa shape index (κ2) is 9.09. The molecule has 2 amide bonds. The molecule has 3 N–H and O–H groups in total. The minimum Gasteiger partial charge on any atom is -0.497 e. The van der Waals surface area contributed by atoms with Crippen LogP contribution in [0.2, 0.25) is 0 Å². The summed E-state index contributed by atoms with van der Waals surface area (Å²) >= 11 is 0. The standard InChI is InChI=1S/C22H19N3O7S/c1-30-16-10-8-15(9-11-16)25-33(28,29)17-5-2-4-14(12-17)21(26)23-24-22(27)18-6-3-7-19-20(18)32-13-31-19/h2-12,25H,13H2,1H3,(H,23,26)(H,24,27). The number of para-hydroxylation sites is 1. The van der Waals surface area contributed by atoms with Crippen LogP contribution in [0.5, 0.6) is 17.2 Å². The first-order valence-corrected chi connectivity index (χ1v) is 11.1. The van der Waals surface area contributed by atoms with Crippen LogP contribution in [-0.4, -0.2) is 34.1 Å². The van der Waals surface area contributed by atoms with Crippen molar-refractivity contribution >= 4 is 27.5 Å². The van der Waals surface area contributed by atoms with Crippen LogP contribution in [0.3, 0.4) is 0 Å². The fourth-order valence-corrected chi connectivity index (χ4v) is 4.14. The highest BCUT2D eigenvalue weighted by atomic mass is 32.2. The molecule has 170 valence electrons. The molecule has 0 aromatic heterocycles. The molecular weight excluding hydrogens is 450 g/mol. The van der Waals surface area contributed by atoms with Gasteiger partial charge in [0.25, 0.3) is 21.8 Å². The van der Waals surface area contributed by atoms with Crippen LogP contribution in [0.1, 0.15) is 20.7 Å². The van der Waals surface area contributed by atoms with Crippen molar-refractivity contribution in [2.45, 2.75) is 4.90 Å². The van der Waals surface area contributed by atoms with Crippen molar-refractivity contribution in [1.29, 1.82) is 0 Å². The molecule has 3 aromatic carbocycles. The monoisotopic (exact) mass is 469 g/mol. The summed E-state index contributed by atoms with van der Waals surface area (Å²) in [5, 5.41) is 0. The lowest BCUT2D eigenvalue weighted by Crippen LogP contribution is -2.41. The minimum absolute atomic E-state index is 0.00217. The number of carbonyl (C=O) groups excluding carboxylic acids is 2. The number of hydrogen-bond acceptors (Lipinski definition) is 7. The topological polar surface area (TPSA) is 132 Å². The first kappa shape index (κ1) is 22.0. The van der Waals surface area contributed by atoms with E-state index < -0.39 is 21.8 Å². The van der Waals surface area contributed by atoms with Gasteiger partial charge in [0.2, 0.25) is 6.79 Å². The maximum atomic E-state index is 12.7. The molecule has 0 saturated heterocycles. The van der Waals surface area contributed by atoms with E-state index in [9.17, 15) is 18.0 Å². The van der Waals surface area contributed by atoms with Gasteiger partial charge >= 0.3 is 0 Å². The number of carbonyl (C=O) groups is 2. The Bertz CT molecular complexity index is 1310. The molecule has 0 saturated carbocycles. The second-order valence-corrected chi connectivity index (χ2v) is 8.49. The van der Waals surface area contributed by atoms with Gasteiger partial charge in [0.15, 0.2) is 11.5 Å². The Kier molecular flexibility index (Phi) is 6.05. The number of methoxy groups -OCH3 is 1. The van der Waals surface area contributed by atoms with Crippen LogP contribution in [-0.2, 0) is 10.0 Å². The Morgan fingerprint density at radius 2 is 1.64 bits per heavy atom. The molecular formula is C22H19N3O7S. The van der Waals surface area contributed by atoms with Crippen molar-refractivity contribution < 1.29 is 32.2 Å². The Balaban J connectivity index is 1.44. The molecule has 0 atom stereocenters. The molecule has 0 radical (unpaired) electrons. The smallest absolute Gasteiger partial charge is 0.273 e. The van der Waals surface area contributed by atoms with Crippen molar-refractivity contribution in [3.8, 4) is 17.2 Å². The molecule has 1 heterocycles. The lowest BCUT2D eigenvalue weighted by Gasteiger charge is -2.11. The van der Waals surface area contributed by atoms with E-state index in [0.717, 1.165) is 0 Å². The van der Waals surface area contributed by atoms with Gasteiger partial charge in [-0.25, -0.2) is 8.42 Å². The van der Waals surface area contributed by atoms with Crippen molar-refractivity contribution in [3.05, 3.63) is 77.9 Å². The van der Waals surface area contributed by atoms with Crippen molar-refractivity contribution in [3.63, 3.8) is 0 Å². The Morgan fingerprint density at radius 3 is 2.39 bits per heavy atom. The maximum Gasteiger partial charge on any atom is 0.273 e. The van der Waals surface area contributed by atoms with E-state index >= 15 is 0 Å². The van der Waals surface area contributed by atoms with Gasteiger partial charge in [0, 0.05) is 11.3 Å². The SMILES string of the molecule is COc1ccc(NS(=O)(=O)c2cccc(C(=O)NNC(=O)c3cccc4c3OCO4)c2)cc1. The van der Waals surface area contributed by atoms with E-state index in [0.29, 0.717) is 17.2 Å². The van der Waals surface area contributed by atoms with Gasteiger partial charge in [-0.1, -0.05) is 12.1 Å². The number of anilines is 1. The summed E-state index contributed by atoms with van der Waals surface area (Å²) in [4.78, 5) is 24.8. The van der Waals surface area contributed by atoms with Crippen LogP contribution in [0.25, 0.3) is 0 Å². The van der Waals surface area contributed by atoms with Gasteiger partial charge in [-0.15, -0.1) is 0 Å². The Morgan fingerprint density at radius 1 is 0.909 bits per heavy atom. The van der Waals surface area contributed by atoms with E-state index in [1.165, 1.54) is 37.4 Å². The molecule has 1 aliphatic rings. The van der Waals surface area contributed by atoms with Gasteiger partial charge in [0.1, 0.15) is 5.75 Å². The number of rotatable bonds is 6. The number of sulfonamides is 1. The van der Waals surface area contributed by atoms with Crippen molar-refractivity contribution in [1.82, 2.24) is 10.9 Å². The zero-order valence-electron chi connectivity index (χ0n) is 17.3. The number of fused-ring (bicyclic) bond motifs is 1. The fraction of sp³-hybridized carbons (Fsp3) is 0.0909. The Hall–Kier alpha value is -4.25. The van der Waals surface area contributed by atoms with Crippen LogP contribution in [0.4, 0.5) is 5.69 Å². The van der Waals surface area contributed by atoms with Gasteiger partial charge in [0.05, 0.1) is 17.6 Å². The largest absolute Gasteiger partial charge is 0.497 e. The predicted molar refractivity (Wildman–Crippen MR) is 118 cm³/mol. The number of benzene rings is 3. The quantitative estimate of drug-likeness (QED) is 0.472. The molecule has 33 heavy (non-hydrogen) atoms. The number of hydrazine groups is 1. The molecule has 3 aromatic rings. The highest BCUT2D eigenvalue weighted by Gasteiger charge is 2.22. The summed E-state index contributed by atoms with van der Waals surface area (Å²) in [6, 6.07) is 16.5. The first-order chi connectivity index (χ1) is 15.9. The third-order valence-electron chi connectivity index (χ3n) is 4.68. The minimum atomic E-state index is -3.96. The molecule has 11 heteroatoms. The molecule has 10 nitrogen and oxygen atoms in total. The van der Waals surface area contributed by atoms with Gasteiger partial charge in [-0.05, 0) is 54.6 Å².